The maximum atomic E-state index is 5.89. The van der Waals surface area contributed by atoms with Crippen LogP contribution in [0.4, 0.5) is 0 Å². The van der Waals surface area contributed by atoms with Gasteiger partial charge in [-0.3, -0.25) is 0 Å². The van der Waals surface area contributed by atoms with E-state index in [0.717, 1.165) is 29.1 Å². The minimum atomic E-state index is 0.805. The average Bonchev–Trinajstić information content (AvgIpc) is 2.01. The first-order valence-corrected chi connectivity index (χ1v) is 5.84. The normalized spacial score (nSPS) is 17.0. The van der Waals surface area contributed by atoms with Gasteiger partial charge in [-0.1, -0.05) is 23.7 Å². The molecule has 70 valence electrons. The van der Waals surface area contributed by atoms with Gasteiger partial charge in [0.1, 0.15) is 0 Å². The van der Waals surface area contributed by atoms with Crippen LogP contribution in [0, 0.1) is 0 Å². The van der Waals surface area contributed by atoms with Gasteiger partial charge in [-0.05, 0) is 17.7 Å². The molecule has 1 aliphatic rings. The summed E-state index contributed by atoms with van der Waals surface area (Å²) in [6.07, 6.45) is 0. The monoisotopic (exact) mass is 213 g/mol. The number of benzene rings is 1. The van der Waals surface area contributed by atoms with E-state index < -0.39 is 0 Å². The highest BCUT2D eigenvalue weighted by Gasteiger charge is 2.16. The summed E-state index contributed by atoms with van der Waals surface area (Å²) in [6, 6.07) is 8.10. The Bertz CT molecular complexity index is 286. The second kappa shape index (κ2) is 4.36. The Hall–Kier alpha value is -0.180. The van der Waals surface area contributed by atoms with Gasteiger partial charge in [0.15, 0.2) is 0 Å². The van der Waals surface area contributed by atoms with E-state index in [1.165, 1.54) is 5.56 Å². The van der Waals surface area contributed by atoms with Crippen LogP contribution in [0.2, 0.25) is 5.02 Å². The van der Waals surface area contributed by atoms with Gasteiger partial charge in [0.2, 0.25) is 0 Å². The Kier molecular flexibility index (Phi) is 3.14. The quantitative estimate of drug-likeness (QED) is 0.829. The lowest BCUT2D eigenvalue weighted by Gasteiger charge is -2.26. The Morgan fingerprint density at radius 2 is 2.31 bits per heavy atom. The summed E-state index contributed by atoms with van der Waals surface area (Å²) in [4.78, 5) is 0. The van der Waals surface area contributed by atoms with Gasteiger partial charge in [-0.25, -0.2) is 0 Å². The van der Waals surface area contributed by atoms with Crippen LogP contribution in [0.3, 0.4) is 0 Å². The second-order valence-electron chi connectivity index (χ2n) is 3.22. The van der Waals surface area contributed by atoms with E-state index in [4.69, 9.17) is 11.6 Å². The van der Waals surface area contributed by atoms with E-state index in [1.54, 1.807) is 0 Å². The smallest absolute Gasteiger partial charge is 0.0409 e. The van der Waals surface area contributed by atoms with Gasteiger partial charge in [0, 0.05) is 29.1 Å². The molecule has 1 saturated heterocycles. The largest absolute Gasteiger partial charge is 0.314 e. The van der Waals surface area contributed by atoms with Gasteiger partial charge in [0.05, 0.1) is 0 Å². The fraction of sp³-hybridized carbons (Fsp3) is 0.400. The zero-order valence-electron chi connectivity index (χ0n) is 7.29. The lowest BCUT2D eigenvalue weighted by Crippen LogP contribution is -2.44. The molecule has 1 heterocycles. The summed E-state index contributed by atoms with van der Waals surface area (Å²) in [7, 11) is 0. The third-order valence-corrected chi connectivity index (χ3v) is 3.66. The average molecular weight is 214 g/mol. The van der Waals surface area contributed by atoms with Crippen molar-refractivity contribution in [3.63, 3.8) is 0 Å². The van der Waals surface area contributed by atoms with Crippen molar-refractivity contribution < 1.29 is 0 Å². The van der Waals surface area contributed by atoms with Gasteiger partial charge in [0.25, 0.3) is 0 Å². The third-order valence-electron chi connectivity index (χ3n) is 2.12. The molecule has 0 aliphatic carbocycles. The first-order chi connectivity index (χ1) is 6.34. The molecule has 13 heavy (non-hydrogen) atoms. The molecule has 0 radical (unpaired) electrons. The Morgan fingerprint density at radius 1 is 1.46 bits per heavy atom. The van der Waals surface area contributed by atoms with Crippen LogP contribution < -0.4 is 5.32 Å². The summed E-state index contributed by atoms with van der Waals surface area (Å²) < 4.78 is 0. The van der Waals surface area contributed by atoms with E-state index in [9.17, 15) is 0 Å². The van der Waals surface area contributed by atoms with Crippen LogP contribution in [0.25, 0.3) is 0 Å². The Labute approximate surface area is 87.9 Å². The van der Waals surface area contributed by atoms with Crippen molar-refractivity contribution in [1.29, 1.82) is 0 Å². The highest BCUT2D eigenvalue weighted by atomic mass is 35.5. The van der Waals surface area contributed by atoms with Gasteiger partial charge < -0.3 is 5.32 Å². The molecule has 1 aromatic carbocycles. The fourth-order valence-corrected chi connectivity index (χ4v) is 2.51. The van der Waals surface area contributed by atoms with E-state index in [-0.39, 0.29) is 0 Å². The van der Waals surface area contributed by atoms with E-state index >= 15 is 0 Å². The van der Waals surface area contributed by atoms with Crippen molar-refractivity contribution in [2.45, 2.75) is 11.0 Å². The molecule has 0 atom stereocenters. The summed E-state index contributed by atoms with van der Waals surface area (Å²) >= 11 is 7.89. The molecule has 1 aromatic rings. The standard InChI is InChI=1S/C10H12ClNS/c11-9-3-1-2-8(4-9)7-13-10-5-12-6-10/h1-4,10,12H,5-7H2. The van der Waals surface area contributed by atoms with Crippen LogP contribution in [-0.4, -0.2) is 18.3 Å². The molecule has 0 saturated carbocycles. The van der Waals surface area contributed by atoms with Crippen LogP contribution in [0.1, 0.15) is 5.56 Å². The zero-order valence-corrected chi connectivity index (χ0v) is 8.87. The van der Waals surface area contributed by atoms with Crippen LogP contribution in [0.15, 0.2) is 24.3 Å². The van der Waals surface area contributed by atoms with Crippen molar-refractivity contribution >= 4 is 23.4 Å². The summed E-state index contributed by atoms with van der Waals surface area (Å²) in [5.41, 5.74) is 1.32. The SMILES string of the molecule is Clc1cccc(CSC2CNC2)c1. The Morgan fingerprint density at radius 3 is 2.92 bits per heavy atom. The first kappa shape index (κ1) is 9.38. The molecular formula is C10H12ClNS. The molecule has 0 amide bonds. The van der Waals surface area contributed by atoms with Gasteiger partial charge >= 0.3 is 0 Å². The number of hydrogen-bond acceptors (Lipinski definition) is 2. The number of hydrogen-bond donors (Lipinski definition) is 1. The van der Waals surface area contributed by atoms with Gasteiger partial charge in [-0.2, -0.15) is 11.8 Å². The van der Waals surface area contributed by atoms with Crippen LogP contribution in [0.5, 0.6) is 0 Å². The van der Waals surface area contributed by atoms with Crippen molar-refractivity contribution in [3.8, 4) is 0 Å². The lowest BCUT2D eigenvalue weighted by molar-refractivity contribution is 0.543. The minimum absolute atomic E-state index is 0.805. The van der Waals surface area contributed by atoms with Crippen LogP contribution >= 0.6 is 23.4 Å². The van der Waals surface area contributed by atoms with Crippen molar-refractivity contribution in [3.05, 3.63) is 34.9 Å². The molecule has 2 rings (SSSR count). The topological polar surface area (TPSA) is 12.0 Å². The number of rotatable bonds is 3. The van der Waals surface area contributed by atoms with Crippen LogP contribution in [-0.2, 0) is 5.75 Å². The second-order valence-corrected chi connectivity index (χ2v) is 4.95. The molecule has 0 unspecified atom stereocenters. The molecule has 1 aliphatic heterocycles. The first-order valence-electron chi connectivity index (χ1n) is 4.41. The summed E-state index contributed by atoms with van der Waals surface area (Å²) in [5.74, 6) is 1.08. The third kappa shape index (κ3) is 2.63. The zero-order chi connectivity index (χ0) is 9.10. The van der Waals surface area contributed by atoms with E-state index in [1.807, 2.05) is 30.0 Å². The predicted molar refractivity (Wildman–Crippen MR) is 59.4 cm³/mol. The number of halogens is 1. The summed E-state index contributed by atoms with van der Waals surface area (Å²) in [6.45, 7) is 2.32. The molecule has 3 heteroatoms. The molecule has 0 spiro atoms. The number of thioether (sulfide) groups is 1. The van der Waals surface area contributed by atoms with E-state index in [0.29, 0.717) is 0 Å². The van der Waals surface area contributed by atoms with Crippen molar-refractivity contribution in [2.75, 3.05) is 13.1 Å². The fourth-order valence-electron chi connectivity index (χ4n) is 1.22. The molecular weight excluding hydrogens is 202 g/mol. The molecule has 1 fully saturated rings. The number of nitrogens with one attached hydrogen (secondary N) is 1. The summed E-state index contributed by atoms with van der Waals surface area (Å²) in [5, 5.41) is 4.90. The predicted octanol–water partition coefficient (Wildman–Crippen LogP) is 2.55. The van der Waals surface area contributed by atoms with E-state index in [2.05, 4.69) is 11.4 Å². The van der Waals surface area contributed by atoms with Gasteiger partial charge in [-0.15, -0.1) is 0 Å². The van der Waals surface area contributed by atoms with Crippen molar-refractivity contribution in [2.24, 2.45) is 0 Å². The maximum absolute atomic E-state index is 5.89. The minimum Gasteiger partial charge on any atom is -0.314 e. The lowest BCUT2D eigenvalue weighted by atomic mass is 10.2. The maximum Gasteiger partial charge on any atom is 0.0409 e. The van der Waals surface area contributed by atoms with Crippen molar-refractivity contribution in [1.82, 2.24) is 5.32 Å². The molecule has 0 bridgehead atoms. The molecule has 0 aromatic heterocycles. The molecule has 1 N–H and O–H groups in total. The highest BCUT2D eigenvalue weighted by Crippen LogP contribution is 2.21. The molecule has 1 nitrogen and oxygen atoms in total. The Balaban J connectivity index is 1.86. The highest BCUT2D eigenvalue weighted by molar-refractivity contribution is 7.99.